The van der Waals surface area contributed by atoms with Crippen molar-refractivity contribution in [1.29, 1.82) is 0 Å². The molecule has 546 valence electrons. The Morgan fingerprint density at radius 2 is 0.554 bits per heavy atom. The number of rotatable bonds is 71. The van der Waals surface area contributed by atoms with Gasteiger partial charge >= 0.3 is 39.5 Å². The van der Waals surface area contributed by atoms with E-state index in [2.05, 4.69) is 48.5 Å². The molecule has 4 unspecified atom stereocenters. The maximum absolute atomic E-state index is 13.1. The van der Waals surface area contributed by atoms with Gasteiger partial charge in [-0.25, -0.2) is 9.13 Å². The maximum Gasteiger partial charge on any atom is 0.472 e. The van der Waals surface area contributed by atoms with E-state index in [-0.39, 0.29) is 25.7 Å². The van der Waals surface area contributed by atoms with Gasteiger partial charge in [-0.1, -0.05) is 318 Å². The summed E-state index contributed by atoms with van der Waals surface area (Å²) in [4.78, 5) is 72.7. The van der Waals surface area contributed by atoms with Crippen LogP contribution in [-0.4, -0.2) is 96.7 Å². The van der Waals surface area contributed by atoms with Crippen LogP contribution in [0.5, 0.6) is 0 Å². The van der Waals surface area contributed by atoms with Crippen LogP contribution in [0, 0.1) is 17.8 Å². The lowest BCUT2D eigenvalue weighted by atomic mass is 9.99. The summed E-state index contributed by atoms with van der Waals surface area (Å²) >= 11 is 0. The van der Waals surface area contributed by atoms with Gasteiger partial charge in [-0.05, 0) is 43.4 Å². The number of ether oxygens (including phenoxy) is 4. The molecule has 0 fully saturated rings. The van der Waals surface area contributed by atoms with Gasteiger partial charge in [0.1, 0.15) is 19.3 Å². The topological polar surface area (TPSA) is 237 Å². The molecule has 0 aliphatic carbocycles. The van der Waals surface area contributed by atoms with E-state index < -0.39 is 97.5 Å². The average molecular weight is 1350 g/mol. The first-order valence-corrected chi connectivity index (χ1v) is 40.9. The number of carbonyl (C=O) groups is 4. The lowest BCUT2D eigenvalue weighted by molar-refractivity contribution is -0.161. The fraction of sp³-hybridized carbons (Fsp3) is 0.945. The van der Waals surface area contributed by atoms with Crippen molar-refractivity contribution in [2.75, 3.05) is 39.6 Å². The van der Waals surface area contributed by atoms with Crippen molar-refractivity contribution in [2.24, 2.45) is 17.8 Å². The van der Waals surface area contributed by atoms with Crippen LogP contribution in [-0.2, 0) is 65.4 Å². The molecule has 17 nitrogen and oxygen atoms in total. The van der Waals surface area contributed by atoms with Crippen molar-refractivity contribution >= 4 is 39.5 Å². The van der Waals surface area contributed by atoms with E-state index in [0.717, 1.165) is 108 Å². The summed E-state index contributed by atoms with van der Waals surface area (Å²) in [6, 6.07) is 0. The van der Waals surface area contributed by atoms with E-state index in [4.69, 9.17) is 37.0 Å². The normalized spacial score (nSPS) is 14.7. The number of carbonyl (C=O) groups excluding carboxylic acids is 4. The van der Waals surface area contributed by atoms with Gasteiger partial charge in [0.15, 0.2) is 12.2 Å². The second-order valence-corrected chi connectivity index (χ2v) is 30.2. The molecule has 0 heterocycles. The van der Waals surface area contributed by atoms with Crippen molar-refractivity contribution in [3.63, 3.8) is 0 Å². The van der Waals surface area contributed by atoms with Crippen LogP contribution < -0.4 is 0 Å². The quantitative estimate of drug-likeness (QED) is 0.0222. The second-order valence-electron chi connectivity index (χ2n) is 27.3. The molecule has 19 heteroatoms. The van der Waals surface area contributed by atoms with Gasteiger partial charge in [-0.3, -0.25) is 37.3 Å². The van der Waals surface area contributed by atoms with Crippen molar-refractivity contribution in [2.45, 2.75) is 388 Å². The molecule has 3 N–H and O–H groups in total. The Kier molecular flexibility index (Phi) is 62.4. The minimum Gasteiger partial charge on any atom is -0.462 e. The molecule has 0 bridgehead atoms. The number of esters is 4. The van der Waals surface area contributed by atoms with E-state index in [1.54, 1.807) is 0 Å². The predicted octanol–water partition coefficient (Wildman–Crippen LogP) is 21.0. The Hall–Kier alpha value is -1.94. The van der Waals surface area contributed by atoms with Crippen LogP contribution in [0.25, 0.3) is 0 Å². The zero-order chi connectivity index (χ0) is 68.0. The second kappa shape index (κ2) is 63.8. The summed E-state index contributed by atoms with van der Waals surface area (Å²) in [6.45, 7) is 11.9. The molecule has 0 saturated heterocycles. The van der Waals surface area contributed by atoms with Gasteiger partial charge in [-0.15, -0.1) is 0 Å². The molecule has 92 heavy (non-hydrogen) atoms. The highest BCUT2D eigenvalue weighted by Gasteiger charge is 2.30. The van der Waals surface area contributed by atoms with Crippen LogP contribution in [0.15, 0.2) is 0 Å². The third-order valence-corrected chi connectivity index (χ3v) is 19.5. The molecule has 0 aliphatic heterocycles. The monoisotopic (exact) mass is 1350 g/mol. The van der Waals surface area contributed by atoms with Crippen LogP contribution in [0.1, 0.15) is 370 Å². The van der Waals surface area contributed by atoms with Crippen LogP contribution >= 0.6 is 15.6 Å². The first-order valence-electron chi connectivity index (χ1n) is 37.9. The van der Waals surface area contributed by atoms with Crippen molar-refractivity contribution in [1.82, 2.24) is 0 Å². The van der Waals surface area contributed by atoms with E-state index in [9.17, 15) is 43.2 Å². The molecular formula is C73H142O17P2. The number of aliphatic hydroxyl groups is 1. The minimum absolute atomic E-state index is 0.106. The fourth-order valence-corrected chi connectivity index (χ4v) is 12.6. The van der Waals surface area contributed by atoms with Crippen LogP contribution in [0.2, 0.25) is 0 Å². The standard InChI is InChI=1S/C73H142O17P2/c1-8-11-12-13-14-15-26-33-40-47-54-70(75)83-60-68(90-73(78)57-50-43-36-29-22-20-25-32-39-46-53-66(7)10-3)62-87-91(79,80)85-58-67(74)59-86-92(81,82)88-63-69(89-72(77)56-49-42-35-28-18-16-17-23-30-37-44-51-64(4)5)61-84-71(76)55-48-41-34-27-21-19-24-31-38-45-52-65(6)9-2/h64-69,74H,8-63H2,1-7H3,(H,79,80)(H,81,82)/t65?,66?,67-,68+,69+/m0/s1. The smallest absolute Gasteiger partial charge is 0.462 e. The van der Waals surface area contributed by atoms with Gasteiger partial charge in [-0.2, -0.15) is 0 Å². The highest BCUT2D eigenvalue weighted by atomic mass is 31.2. The van der Waals surface area contributed by atoms with Crippen LogP contribution in [0.4, 0.5) is 0 Å². The molecule has 0 radical (unpaired) electrons. The van der Waals surface area contributed by atoms with E-state index in [1.807, 2.05) is 0 Å². The molecule has 0 aromatic heterocycles. The van der Waals surface area contributed by atoms with E-state index in [1.165, 1.54) is 180 Å². The number of unbranched alkanes of at least 4 members (excludes halogenated alkanes) is 37. The summed E-state index contributed by atoms with van der Waals surface area (Å²) in [5.74, 6) is 0.257. The largest absolute Gasteiger partial charge is 0.472 e. The predicted molar refractivity (Wildman–Crippen MR) is 372 cm³/mol. The molecule has 0 rings (SSSR count). The summed E-state index contributed by atoms with van der Waals surface area (Å²) in [7, 11) is -9.91. The number of aliphatic hydroxyl groups excluding tert-OH is 1. The van der Waals surface area contributed by atoms with Gasteiger partial charge in [0, 0.05) is 25.7 Å². The Morgan fingerprint density at radius 1 is 0.315 bits per heavy atom. The third-order valence-electron chi connectivity index (χ3n) is 17.6. The fourth-order valence-electron chi connectivity index (χ4n) is 11.0. The highest BCUT2D eigenvalue weighted by molar-refractivity contribution is 7.47. The lowest BCUT2D eigenvalue weighted by Gasteiger charge is -2.21. The lowest BCUT2D eigenvalue weighted by Crippen LogP contribution is -2.30. The van der Waals surface area contributed by atoms with E-state index >= 15 is 0 Å². The summed E-state index contributed by atoms with van der Waals surface area (Å²) in [6.07, 6.45) is 48.3. The molecule has 0 amide bonds. The molecule has 0 spiro atoms. The van der Waals surface area contributed by atoms with Crippen molar-refractivity contribution in [3.05, 3.63) is 0 Å². The van der Waals surface area contributed by atoms with Gasteiger partial charge in [0.05, 0.1) is 26.4 Å². The Bertz CT molecular complexity index is 1810. The van der Waals surface area contributed by atoms with Gasteiger partial charge in [0.25, 0.3) is 0 Å². The third kappa shape index (κ3) is 64.1. The Morgan fingerprint density at radius 3 is 0.826 bits per heavy atom. The van der Waals surface area contributed by atoms with E-state index in [0.29, 0.717) is 25.7 Å². The maximum atomic E-state index is 13.1. The summed E-state index contributed by atoms with van der Waals surface area (Å²) in [5, 5.41) is 10.6. The summed E-state index contributed by atoms with van der Waals surface area (Å²) in [5.41, 5.74) is 0. The van der Waals surface area contributed by atoms with Crippen molar-refractivity contribution in [3.8, 4) is 0 Å². The number of hydrogen-bond acceptors (Lipinski definition) is 15. The molecule has 7 atom stereocenters. The molecular weight excluding hydrogens is 1210 g/mol. The zero-order valence-electron chi connectivity index (χ0n) is 60.0. The number of phosphoric ester groups is 2. The summed E-state index contributed by atoms with van der Waals surface area (Å²) < 4.78 is 68.4. The SMILES string of the molecule is CCCCCCCCCCCCC(=O)OC[C@H](COP(=O)(O)OC[C@H](O)COP(=O)(O)OC[C@@H](COC(=O)CCCCCCCCCCCCC(C)CC)OC(=O)CCCCCCCCCCCCCC(C)C)OC(=O)CCCCCCCCCCCCC(C)CC. The minimum atomic E-state index is -4.95. The van der Waals surface area contributed by atoms with Crippen LogP contribution in [0.3, 0.4) is 0 Å². The first kappa shape index (κ1) is 90.1. The Labute approximate surface area is 562 Å². The highest BCUT2D eigenvalue weighted by Crippen LogP contribution is 2.45. The first-order chi connectivity index (χ1) is 44.3. The van der Waals surface area contributed by atoms with Crippen molar-refractivity contribution < 1.29 is 80.2 Å². The Balaban J connectivity index is 5.27. The average Bonchev–Trinajstić information content (AvgIpc) is 2.15. The molecule has 0 aromatic carbocycles. The number of hydrogen-bond donors (Lipinski definition) is 3. The zero-order valence-corrected chi connectivity index (χ0v) is 61.8. The number of phosphoric acid groups is 2. The van der Waals surface area contributed by atoms with Gasteiger partial charge < -0.3 is 33.8 Å². The van der Waals surface area contributed by atoms with Gasteiger partial charge in [0.2, 0.25) is 0 Å². The molecule has 0 saturated carbocycles. The molecule has 0 aromatic rings. The molecule has 0 aliphatic rings.